The average Bonchev–Trinajstić information content (AvgIpc) is 2.96. The van der Waals surface area contributed by atoms with Gasteiger partial charge in [-0.25, -0.2) is 4.98 Å². The van der Waals surface area contributed by atoms with Crippen LogP contribution in [0, 0.1) is 0 Å². The molecule has 0 atom stereocenters. The van der Waals surface area contributed by atoms with Crippen molar-refractivity contribution in [2.75, 3.05) is 0 Å². The van der Waals surface area contributed by atoms with E-state index in [1.807, 2.05) is 24.3 Å². The van der Waals surface area contributed by atoms with Crippen molar-refractivity contribution in [3.8, 4) is 0 Å². The van der Waals surface area contributed by atoms with E-state index < -0.39 is 0 Å². The lowest BCUT2D eigenvalue weighted by Gasteiger charge is -1.97. The smallest absolute Gasteiger partial charge is 0.194 e. The Morgan fingerprint density at radius 2 is 2.17 bits per heavy atom. The van der Waals surface area contributed by atoms with Gasteiger partial charge >= 0.3 is 0 Å². The summed E-state index contributed by atoms with van der Waals surface area (Å²) in [6.07, 6.45) is 2.05. The van der Waals surface area contributed by atoms with Gasteiger partial charge in [-0.1, -0.05) is 6.07 Å². The number of Topliss-reactive ketones (excluding diaryl/α,β-unsaturated/α-hetero) is 1. The molecule has 0 aliphatic heterocycles. The molecule has 2 aromatic heterocycles. The molecular weight excluding hydrogens is 230 g/mol. The van der Waals surface area contributed by atoms with Crippen molar-refractivity contribution in [1.82, 2.24) is 4.98 Å². The Morgan fingerprint density at radius 1 is 1.28 bits per heavy atom. The second kappa shape index (κ2) is 4.14. The van der Waals surface area contributed by atoms with Crippen LogP contribution in [-0.4, -0.2) is 10.8 Å². The first-order chi connectivity index (χ1) is 8.72. The first-order valence-electron chi connectivity index (χ1n) is 5.64. The molecule has 2 heterocycles. The quantitative estimate of drug-likeness (QED) is 0.660. The number of rotatable bonds is 3. The highest BCUT2D eigenvalue weighted by atomic mass is 16.3. The van der Waals surface area contributed by atoms with E-state index in [9.17, 15) is 4.79 Å². The molecular formula is C14H11NO3. The molecule has 0 saturated heterocycles. The van der Waals surface area contributed by atoms with Crippen molar-refractivity contribution < 1.29 is 13.6 Å². The van der Waals surface area contributed by atoms with Crippen LogP contribution < -0.4 is 0 Å². The summed E-state index contributed by atoms with van der Waals surface area (Å²) in [6.45, 7) is 1.49. The molecule has 0 unspecified atom stereocenters. The molecule has 0 amide bonds. The fourth-order valence-electron chi connectivity index (χ4n) is 1.87. The minimum Gasteiger partial charge on any atom is -0.458 e. The highest BCUT2D eigenvalue weighted by Gasteiger charge is 2.08. The number of hydrogen-bond acceptors (Lipinski definition) is 4. The van der Waals surface area contributed by atoms with E-state index in [0.29, 0.717) is 12.2 Å². The van der Waals surface area contributed by atoms with Crippen LogP contribution in [0.5, 0.6) is 0 Å². The summed E-state index contributed by atoms with van der Waals surface area (Å²) in [5.74, 6) is 1.09. The molecule has 3 aromatic rings. The van der Waals surface area contributed by atoms with Gasteiger partial charge in [-0.15, -0.1) is 0 Å². The van der Waals surface area contributed by atoms with Crippen LogP contribution in [0.2, 0.25) is 0 Å². The maximum absolute atomic E-state index is 11.1. The summed E-state index contributed by atoms with van der Waals surface area (Å²) in [6, 6.07) is 9.33. The van der Waals surface area contributed by atoms with Crippen molar-refractivity contribution in [2.45, 2.75) is 13.3 Å². The van der Waals surface area contributed by atoms with Gasteiger partial charge in [-0.2, -0.15) is 0 Å². The lowest BCUT2D eigenvalue weighted by molar-refractivity contribution is 0.0985. The number of carbonyl (C=O) groups is 1. The molecule has 3 rings (SSSR count). The first-order valence-corrected chi connectivity index (χ1v) is 5.64. The lowest BCUT2D eigenvalue weighted by atomic mass is 10.1. The Kier molecular flexibility index (Phi) is 2.48. The molecule has 0 bridgehead atoms. The molecule has 0 radical (unpaired) electrons. The minimum atomic E-state index is -0.0630. The molecule has 18 heavy (non-hydrogen) atoms. The van der Waals surface area contributed by atoms with Gasteiger partial charge < -0.3 is 8.83 Å². The van der Waals surface area contributed by atoms with Gasteiger partial charge in [-0.3, -0.25) is 4.79 Å². The average molecular weight is 241 g/mol. The van der Waals surface area contributed by atoms with Gasteiger partial charge in [0.15, 0.2) is 23.5 Å². The summed E-state index contributed by atoms with van der Waals surface area (Å²) in [5, 5.41) is 0. The molecule has 0 aliphatic carbocycles. The van der Waals surface area contributed by atoms with Crippen molar-refractivity contribution in [3.05, 3.63) is 53.8 Å². The standard InChI is InChI=1S/C14H11NO3/c1-9(16)13-5-3-11(18-13)6-10-2-4-12-14(7-10)17-8-15-12/h2-5,7-8H,6H2,1H3. The normalized spacial score (nSPS) is 10.9. The fraction of sp³-hybridized carbons (Fsp3) is 0.143. The van der Waals surface area contributed by atoms with Crippen molar-refractivity contribution in [2.24, 2.45) is 0 Å². The van der Waals surface area contributed by atoms with Crippen molar-refractivity contribution >= 4 is 16.9 Å². The number of ketones is 1. The molecule has 0 spiro atoms. The van der Waals surface area contributed by atoms with Crippen LogP contribution >= 0.6 is 0 Å². The third kappa shape index (κ3) is 1.93. The molecule has 0 saturated carbocycles. The van der Waals surface area contributed by atoms with E-state index in [1.165, 1.54) is 13.3 Å². The summed E-state index contributed by atoms with van der Waals surface area (Å²) in [7, 11) is 0. The van der Waals surface area contributed by atoms with Gasteiger partial charge in [0.2, 0.25) is 0 Å². The Bertz CT molecular complexity index is 708. The van der Waals surface area contributed by atoms with Crippen LogP contribution in [0.4, 0.5) is 0 Å². The van der Waals surface area contributed by atoms with E-state index in [1.54, 1.807) is 6.07 Å². The second-order valence-corrected chi connectivity index (χ2v) is 4.15. The number of furan rings is 1. The van der Waals surface area contributed by atoms with Gasteiger partial charge in [0.05, 0.1) is 0 Å². The highest BCUT2D eigenvalue weighted by molar-refractivity contribution is 5.91. The van der Waals surface area contributed by atoms with Crippen LogP contribution in [0.1, 0.15) is 28.8 Å². The topological polar surface area (TPSA) is 56.2 Å². The van der Waals surface area contributed by atoms with Crippen LogP contribution in [0.3, 0.4) is 0 Å². The Morgan fingerprint density at radius 3 is 2.94 bits per heavy atom. The van der Waals surface area contributed by atoms with E-state index in [2.05, 4.69) is 4.98 Å². The number of fused-ring (bicyclic) bond motifs is 1. The zero-order valence-electron chi connectivity index (χ0n) is 9.84. The Labute approximate surface area is 103 Å². The molecule has 0 aliphatic rings. The number of carbonyl (C=O) groups excluding carboxylic acids is 1. The SMILES string of the molecule is CC(=O)c1ccc(Cc2ccc3ncoc3c2)o1. The fourth-order valence-corrected chi connectivity index (χ4v) is 1.87. The van der Waals surface area contributed by atoms with E-state index in [0.717, 1.165) is 22.4 Å². The third-order valence-corrected chi connectivity index (χ3v) is 2.78. The minimum absolute atomic E-state index is 0.0630. The van der Waals surface area contributed by atoms with Crippen LogP contribution in [0.15, 0.2) is 45.6 Å². The second-order valence-electron chi connectivity index (χ2n) is 4.15. The van der Waals surface area contributed by atoms with Crippen LogP contribution in [0.25, 0.3) is 11.1 Å². The number of hydrogen-bond donors (Lipinski definition) is 0. The molecule has 4 heteroatoms. The van der Waals surface area contributed by atoms with Crippen molar-refractivity contribution in [1.29, 1.82) is 0 Å². The Hall–Kier alpha value is -2.36. The third-order valence-electron chi connectivity index (χ3n) is 2.78. The van der Waals surface area contributed by atoms with Gasteiger partial charge in [0, 0.05) is 13.3 Å². The number of benzene rings is 1. The summed E-state index contributed by atoms with van der Waals surface area (Å²) in [4.78, 5) is 15.2. The van der Waals surface area contributed by atoms with Crippen LogP contribution in [-0.2, 0) is 6.42 Å². The number of oxazole rings is 1. The monoisotopic (exact) mass is 241 g/mol. The van der Waals surface area contributed by atoms with E-state index in [4.69, 9.17) is 8.83 Å². The molecule has 0 N–H and O–H groups in total. The zero-order chi connectivity index (χ0) is 12.5. The first kappa shape index (κ1) is 10.8. The molecule has 90 valence electrons. The Balaban J connectivity index is 1.88. The molecule has 0 fully saturated rings. The van der Waals surface area contributed by atoms with Gasteiger partial charge in [0.1, 0.15) is 11.3 Å². The zero-order valence-corrected chi connectivity index (χ0v) is 9.84. The van der Waals surface area contributed by atoms with E-state index in [-0.39, 0.29) is 5.78 Å². The summed E-state index contributed by atoms with van der Waals surface area (Å²) < 4.78 is 10.7. The lowest BCUT2D eigenvalue weighted by Crippen LogP contribution is -1.88. The van der Waals surface area contributed by atoms with E-state index >= 15 is 0 Å². The predicted molar refractivity (Wildman–Crippen MR) is 65.5 cm³/mol. The maximum Gasteiger partial charge on any atom is 0.194 e. The summed E-state index contributed by atoms with van der Waals surface area (Å²) in [5.41, 5.74) is 2.65. The largest absolute Gasteiger partial charge is 0.458 e. The number of nitrogens with zero attached hydrogens (tertiary/aromatic N) is 1. The van der Waals surface area contributed by atoms with Gasteiger partial charge in [0.25, 0.3) is 0 Å². The predicted octanol–water partition coefficient (Wildman–Crippen LogP) is 3.21. The van der Waals surface area contributed by atoms with Crippen molar-refractivity contribution in [3.63, 3.8) is 0 Å². The highest BCUT2D eigenvalue weighted by Crippen LogP contribution is 2.18. The number of aromatic nitrogens is 1. The maximum atomic E-state index is 11.1. The molecule has 4 nitrogen and oxygen atoms in total. The summed E-state index contributed by atoms with van der Waals surface area (Å²) >= 11 is 0. The molecule has 1 aromatic carbocycles. The van der Waals surface area contributed by atoms with Gasteiger partial charge in [-0.05, 0) is 29.8 Å².